The van der Waals surface area contributed by atoms with Crippen LogP contribution in [0.4, 0.5) is 16.2 Å². The van der Waals surface area contributed by atoms with Crippen LogP contribution in [0.15, 0.2) is 91.1 Å². The molecule has 0 fully saturated rings. The first-order valence-corrected chi connectivity index (χ1v) is 17.5. The van der Waals surface area contributed by atoms with Crippen molar-refractivity contribution in [3.63, 3.8) is 0 Å². The number of hydrogen-bond donors (Lipinski definition) is 9. The summed E-state index contributed by atoms with van der Waals surface area (Å²) >= 11 is 0. The molecule has 10 N–H and O–H groups in total. The molecule has 0 radical (unpaired) electrons. The Morgan fingerprint density at radius 2 is 1.44 bits per heavy atom. The zero-order valence-electron chi connectivity index (χ0n) is 30.4. The van der Waals surface area contributed by atoms with Gasteiger partial charge in [0.25, 0.3) is 0 Å². The third-order valence-electron chi connectivity index (χ3n) is 8.48. The van der Waals surface area contributed by atoms with Crippen molar-refractivity contribution in [2.45, 2.75) is 64.1 Å². The monoisotopic (exact) mass is 743 g/mol. The number of rotatable bonds is 21. The molecule has 0 bridgehead atoms. The summed E-state index contributed by atoms with van der Waals surface area (Å²) in [5.74, 6) is -3.97. The van der Waals surface area contributed by atoms with Crippen LogP contribution >= 0.6 is 0 Å². The van der Waals surface area contributed by atoms with Crippen LogP contribution in [0.5, 0.6) is 0 Å². The summed E-state index contributed by atoms with van der Waals surface area (Å²) < 4.78 is 0. The summed E-state index contributed by atoms with van der Waals surface area (Å²) in [5.41, 5.74) is 8.69. The van der Waals surface area contributed by atoms with E-state index in [2.05, 4.69) is 38.5 Å². The van der Waals surface area contributed by atoms with Crippen molar-refractivity contribution in [3.8, 4) is 0 Å². The predicted molar refractivity (Wildman–Crippen MR) is 204 cm³/mol. The van der Waals surface area contributed by atoms with E-state index in [1.54, 1.807) is 67.6 Å². The highest BCUT2D eigenvalue weighted by Crippen LogP contribution is 2.15. The van der Waals surface area contributed by atoms with E-state index in [9.17, 15) is 39.0 Å². The van der Waals surface area contributed by atoms with Crippen LogP contribution in [0.2, 0.25) is 0 Å². The SMILES string of the molecule is C=C(NC(CC(=O)O)C(=O)N[C@@H](Cc1ccccc1)C(=O)NCCC[C@@H](C)C(N)=O)[C@H](CO)NC(=O)Cc1ccc(NC(=O)Nc2ccccc2C)cc1. The fourth-order valence-electron chi connectivity index (χ4n) is 5.30. The molecule has 1 unspecified atom stereocenters. The average molecular weight is 744 g/mol. The van der Waals surface area contributed by atoms with Crippen LogP contribution in [0.25, 0.3) is 0 Å². The molecule has 0 aliphatic heterocycles. The topological polar surface area (TPSA) is 241 Å². The number of amides is 6. The second kappa shape index (κ2) is 21.3. The van der Waals surface area contributed by atoms with Crippen molar-refractivity contribution >= 4 is 47.0 Å². The fraction of sp³-hybridized carbons (Fsp3) is 0.333. The molecule has 0 spiro atoms. The lowest BCUT2D eigenvalue weighted by Crippen LogP contribution is -2.55. The number of primary amides is 1. The predicted octanol–water partition coefficient (Wildman–Crippen LogP) is 2.35. The van der Waals surface area contributed by atoms with Gasteiger partial charge in [0.05, 0.1) is 25.5 Å². The number of benzene rings is 3. The van der Waals surface area contributed by atoms with Gasteiger partial charge in [-0.3, -0.25) is 24.0 Å². The summed E-state index contributed by atoms with van der Waals surface area (Å²) in [6.45, 7) is 6.99. The third kappa shape index (κ3) is 14.4. The highest BCUT2D eigenvalue weighted by molar-refractivity contribution is 6.00. The summed E-state index contributed by atoms with van der Waals surface area (Å²) in [6.07, 6.45) is 0.222. The highest BCUT2D eigenvalue weighted by Gasteiger charge is 2.29. The number of aryl methyl sites for hydroxylation is 1. The maximum absolute atomic E-state index is 13.5. The number of nitrogens with two attached hydrogens (primary N) is 1. The van der Waals surface area contributed by atoms with Gasteiger partial charge in [-0.2, -0.15) is 0 Å². The Bertz CT molecular complexity index is 1770. The van der Waals surface area contributed by atoms with Gasteiger partial charge in [0.2, 0.25) is 23.6 Å². The van der Waals surface area contributed by atoms with Gasteiger partial charge in [-0.1, -0.05) is 74.2 Å². The number of para-hydroxylation sites is 1. The van der Waals surface area contributed by atoms with Crippen molar-refractivity contribution < 1.29 is 39.0 Å². The van der Waals surface area contributed by atoms with Crippen molar-refractivity contribution in [2.24, 2.45) is 11.7 Å². The zero-order valence-corrected chi connectivity index (χ0v) is 30.4. The molecule has 3 aromatic rings. The number of carbonyl (C=O) groups excluding carboxylic acids is 5. The largest absolute Gasteiger partial charge is 0.481 e. The number of anilines is 2. The lowest BCUT2D eigenvalue weighted by Gasteiger charge is -2.26. The average Bonchev–Trinajstić information content (AvgIpc) is 3.13. The van der Waals surface area contributed by atoms with E-state index in [0.29, 0.717) is 29.8 Å². The zero-order chi connectivity index (χ0) is 39.6. The van der Waals surface area contributed by atoms with Crippen LogP contribution < -0.4 is 37.6 Å². The second-order valence-electron chi connectivity index (χ2n) is 12.9. The third-order valence-corrected chi connectivity index (χ3v) is 8.48. The molecule has 3 rings (SSSR count). The van der Waals surface area contributed by atoms with E-state index >= 15 is 0 Å². The number of aliphatic hydroxyl groups excluding tert-OH is 1. The van der Waals surface area contributed by atoms with Gasteiger partial charge >= 0.3 is 12.0 Å². The molecule has 4 atom stereocenters. The normalized spacial score (nSPS) is 12.9. The lowest BCUT2D eigenvalue weighted by atomic mass is 10.0. The van der Waals surface area contributed by atoms with Crippen LogP contribution in [-0.4, -0.2) is 77.1 Å². The summed E-state index contributed by atoms with van der Waals surface area (Å²) in [7, 11) is 0. The van der Waals surface area contributed by atoms with Crippen LogP contribution in [0.3, 0.4) is 0 Å². The Hall–Kier alpha value is -6.22. The molecule has 6 amide bonds. The molecule has 0 aliphatic rings. The van der Waals surface area contributed by atoms with E-state index < -0.39 is 66.8 Å². The molecule has 0 aliphatic carbocycles. The van der Waals surface area contributed by atoms with Crippen molar-refractivity contribution in [1.82, 2.24) is 21.3 Å². The molecular weight excluding hydrogens is 694 g/mol. The van der Waals surface area contributed by atoms with Gasteiger partial charge in [-0.25, -0.2) is 4.79 Å². The first-order chi connectivity index (χ1) is 25.7. The van der Waals surface area contributed by atoms with Crippen molar-refractivity contribution in [1.29, 1.82) is 0 Å². The number of aliphatic hydroxyl groups is 1. The minimum atomic E-state index is -1.42. The number of urea groups is 1. The highest BCUT2D eigenvalue weighted by atomic mass is 16.4. The molecule has 0 aromatic heterocycles. The summed E-state index contributed by atoms with van der Waals surface area (Å²) in [5, 5.41) is 35.9. The quantitative estimate of drug-likeness (QED) is 0.0727. The van der Waals surface area contributed by atoms with Gasteiger partial charge in [0.1, 0.15) is 12.1 Å². The molecule has 0 saturated carbocycles. The fourth-order valence-corrected chi connectivity index (χ4v) is 5.30. The molecule has 15 heteroatoms. The number of carbonyl (C=O) groups is 6. The lowest BCUT2D eigenvalue weighted by molar-refractivity contribution is -0.140. The smallest absolute Gasteiger partial charge is 0.323 e. The molecule has 54 heavy (non-hydrogen) atoms. The van der Waals surface area contributed by atoms with E-state index in [0.717, 1.165) is 11.1 Å². The number of carboxylic acids is 1. The second-order valence-corrected chi connectivity index (χ2v) is 12.9. The first-order valence-electron chi connectivity index (χ1n) is 17.5. The summed E-state index contributed by atoms with van der Waals surface area (Å²) in [4.78, 5) is 75.2. The van der Waals surface area contributed by atoms with Crippen molar-refractivity contribution in [3.05, 3.63) is 108 Å². The molecular formula is C39H49N7O8. The van der Waals surface area contributed by atoms with Gasteiger partial charge in [-0.15, -0.1) is 0 Å². The molecule has 3 aromatic carbocycles. The molecule has 15 nitrogen and oxygen atoms in total. The minimum Gasteiger partial charge on any atom is -0.481 e. The molecule has 0 saturated heterocycles. The number of nitrogens with one attached hydrogen (secondary N) is 6. The standard InChI is InChI=1S/C39H49N7O8/c1-24-10-7-8-14-30(24)46-39(54)43-29-17-15-28(16-18-29)21-34(48)44-33(23-47)26(3)42-32(22-35(49)50)38(53)45-31(20-27-12-5-4-6-13-27)37(52)41-19-9-11-25(2)36(40)51/h4-8,10,12-18,25,31-33,42,47H,3,9,11,19-23H2,1-2H3,(H2,40,51)(H,41,52)(H,44,48)(H,45,53)(H,49,50)(H2,43,46,54)/t25-,31+,32?,33+/m1/s1. The van der Waals surface area contributed by atoms with Gasteiger partial charge in [0.15, 0.2) is 0 Å². The Kier molecular flexibility index (Phi) is 16.7. The van der Waals surface area contributed by atoms with E-state index in [1.807, 2.05) is 25.1 Å². The number of carboxylic acid groups (broad SMARTS) is 1. The Morgan fingerprint density at radius 1 is 0.778 bits per heavy atom. The Balaban J connectivity index is 1.60. The van der Waals surface area contributed by atoms with Gasteiger partial charge in [-0.05, 0) is 54.7 Å². The van der Waals surface area contributed by atoms with E-state index in [1.165, 1.54) is 0 Å². The van der Waals surface area contributed by atoms with E-state index in [4.69, 9.17) is 5.73 Å². The Labute approximate surface area is 314 Å². The molecule has 0 heterocycles. The van der Waals surface area contributed by atoms with Crippen LogP contribution in [0, 0.1) is 12.8 Å². The molecule has 288 valence electrons. The number of aliphatic carboxylic acids is 1. The number of hydrogen-bond acceptors (Lipinski definition) is 8. The van der Waals surface area contributed by atoms with Crippen LogP contribution in [-0.2, 0) is 36.8 Å². The minimum absolute atomic E-state index is 0.0286. The van der Waals surface area contributed by atoms with Crippen LogP contribution in [0.1, 0.15) is 42.9 Å². The van der Waals surface area contributed by atoms with Gasteiger partial charge < -0.3 is 47.8 Å². The summed E-state index contributed by atoms with van der Waals surface area (Å²) in [6, 6.07) is 18.8. The van der Waals surface area contributed by atoms with Crippen molar-refractivity contribution in [2.75, 3.05) is 23.8 Å². The Morgan fingerprint density at radius 3 is 2.07 bits per heavy atom. The van der Waals surface area contributed by atoms with Gasteiger partial charge in [0, 0.05) is 36.0 Å². The van der Waals surface area contributed by atoms with E-state index in [-0.39, 0.29) is 31.0 Å². The first kappa shape index (κ1) is 42.2. The maximum atomic E-state index is 13.5. The maximum Gasteiger partial charge on any atom is 0.323 e.